The van der Waals surface area contributed by atoms with Crippen LogP contribution < -0.4 is 4.90 Å². The van der Waals surface area contributed by atoms with E-state index in [1.54, 1.807) is 18.2 Å². The summed E-state index contributed by atoms with van der Waals surface area (Å²) in [7, 11) is 23.9. The van der Waals surface area contributed by atoms with Crippen LogP contribution in [0.25, 0.3) is 0 Å². The summed E-state index contributed by atoms with van der Waals surface area (Å²) >= 11 is 3.42. The van der Waals surface area contributed by atoms with Crippen LogP contribution in [0.2, 0.25) is 0 Å². The number of hydrogen-bond acceptors (Lipinski definition) is 5. The number of esters is 1. The lowest BCUT2D eigenvalue weighted by molar-refractivity contribution is -0.146. The number of rotatable bonds is 7. The average molecular weight is 833 g/mol. The van der Waals surface area contributed by atoms with Crippen molar-refractivity contribution in [2.24, 2.45) is 5.92 Å². The van der Waals surface area contributed by atoms with Crippen LogP contribution in [-0.4, -0.2) is 34.6 Å². The highest BCUT2D eigenvalue weighted by molar-refractivity contribution is 9.21. The number of nitrogens with zero attached hydrogens (tertiary/aromatic N) is 1. The first-order chi connectivity index (χ1) is 17.2. The van der Waals surface area contributed by atoms with Crippen LogP contribution in [0.4, 0.5) is 5.69 Å². The van der Waals surface area contributed by atoms with Crippen molar-refractivity contribution in [1.29, 1.82) is 0 Å². The van der Waals surface area contributed by atoms with E-state index in [-0.39, 0.29) is 51.7 Å². The zero-order valence-electron chi connectivity index (χ0n) is 19.7. The van der Waals surface area contributed by atoms with E-state index in [1.807, 2.05) is 24.3 Å². The Morgan fingerprint density at radius 2 is 1.49 bits per heavy atom. The number of benzene rings is 2. The SMILES string of the molecule is COC(=O)C1CN(c2cccc(Br)c2)C1.O=S(=O)(Cl)c1ccccc1.PP(P)P(P)P(P(P)P)P(P)P. The van der Waals surface area contributed by atoms with Gasteiger partial charge < -0.3 is 9.64 Å². The predicted molar refractivity (Wildman–Crippen MR) is 204 cm³/mol. The van der Waals surface area contributed by atoms with Gasteiger partial charge in [0.1, 0.15) is 0 Å². The zero-order valence-corrected chi connectivity index (χ0v) is 35.4. The predicted octanol–water partition coefficient (Wildman–Crippen LogP) is 10.3. The van der Waals surface area contributed by atoms with Gasteiger partial charge in [-0.3, -0.25) is 4.79 Å². The van der Waals surface area contributed by atoms with Gasteiger partial charge in [0.2, 0.25) is 0 Å². The Balaban J connectivity index is 0.000000284. The van der Waals surface area contributed by atoms with Crippen LogP contribution in [0.3, 0.4) is 0 Å². The molecule has 208 valence electrons. The zero-order chi connectivity index (χ0) is 28.3. The van der Waals surface area contributed by atoms with Crippen molar-refractivity contribution in [3.8, 4) is 0 Å². The van der Waals surface area contributed by atoms with Crippen LogP contribution in [0, 0.1) is 5.92 Å². The lowest BCUT2D eigenvalue weighted by Gasteiger charge is -2.39. The van der Waals surface area contributed by atoms with E-state index in [0.29, 0.717) is 0 Å². The molecule has 8 atom stereocenters. The van der Waals surface area contributed by atoms with E-state index >= 15 is 0 Å². The topological polar surface area (TPSA) is 63.7 Å². The van der Waals surface area contributed by atoms with Crippen molar-refractivity contribution in [3.05, 3.63) is 59.1 Å². The summed E-state index contributed by atoms with van der Waals surface area (Å²) in [5, 5.41) is 0. The Morgan fingerprint density at radius 3 is 1.84 bits per heavy atom. The third kappa shape index (κ3) is 14.7. The van der Waals surface area contributed by atoms with Crippen molar-refractivity contribution in [2.75, 3.05) is 25.1 Å². The highest BCUT2D eigenvalue weighted by Gasteiger charge is 2.33. The summed E-state index contributed by atoms with van der Waals surface area (Å²) in [6, 6.07) is 15.9. The van der Waals surface area contributed by atoms with Gasteiger partial charge in [-0.2, -0.15) is 0 Å². The molecule has 0 aliphatic carbocycles. The molecule has 37 heavy (non-hydrogen) atoms. The molecule has 3 rings (SSSR count). The third-order valence-electron chi connectivity index (χ3n) is 4.45. The minimum absolute atomic E-state index is 0.0361. The van der Waals surface area contributed by atoms with Crippen molar-refractivity contribution in [3.63, 3.8) is 0 Å². The fourth-order valence-electron chi connectivity index (χ4n) is 2.68. The molecule has 1 fully saturated rings. The second-order valence-corrected chi connectivity index (χ2v) is 55.5. The summed E-state index contributed by atoms with van der Waals surface area (Å²) in [6.07, 6.45) is 0. The monoisotopic (exact) mass is 831 g/mol. The minimum atomic E-state index is -3.53. The van der Waals surface area contributed by atoms with Crippen LogP contribution in [0.5, 0.6) is 0 Å². The maximum Gasteiger partial charge on any atom is 0.312 e. The Kier molecular flexibility index (Phi) is 20.6. The lowest BCUT2D eigenvalue weighted by Crippen LogP contribution is -2.50. The van der Waals surface area contributed by atoms with Gasteiger partial charge in [-0.1, -0.05) is 40.2 Å². The third-order valence-corrected chi connectivity index (χ3v) is 73.0. The van der Waals surface area contributed by atoms with E-state index in [2.05, 4.69) is 88.1 Å². The summed E-state index contributed by atoms with van der Waals surface area (Å²) < 4.78 is 26.9. The second kappa shape index (κ2) is 19.8. The molecule has 8 unspecified atom stereocenters. The standard InChI is InChI=1S/C11H12BrNO2.C6H5ClO2S.H14P12/c1-15-11(14)8-6-13(7-8)10-4-2-3-9(12)5-10;7-10(8,9)6-4-2-1-3-5-6;1-8(2)11(7)12(9(3)4)10(5)6/h2-5,8H,6-7H2,1H3;1-5H;1-7H2. The minimum Gasteiger partial charge on any atom is -0.469 e. The summed E-state index contributed by atoms with van der Waals surface area (Å²) in [4.78, 5) is 13.5. The van der Waals surface area contributed by atoms with Gasteiger partial charge in [-0.25, -0.2) is 8.42 Å². The number of anilines is 1. The van der Waals surface area contributed by atoms with Gasteiger partial charge >= 0.3 is 5.97 Å². The largest absolute Gasteiger partial charge is 0.469 e. The molecule has 5 nitrogen and oxygen atoms in total. The normalized spacial score (nSPS) is 14.5. The molecule has 1 heterocycles. The number of ether oxygens (including phenoxy) is 1. The maximum absolute atomic E-state index is 11.2. The molecule has 1 aliphatic rings. The van der Waals surface area contributed by atoms with Gasteiger partial charge in [0.05, 0.1) is 17.9 Å². The van der Waals surface area contributed by atoms with Crippen molar-refractivity contribution in [1.82, 2.24) is 0 Å². The molecule has 1 saturated heterocycles. The number of halogens is 2. The average Bonchev–Trinajstić information content (AvgIpc) is 2.78. The summed E-state index contributed by atoms with van der Waals surface area (Å²) in [6.45, 7) is 2.21. The Bertz CT molecular complexity index is 1070. The first-order valence-corrected chi connectivity index (χ1v) is 34.0. The molecular formula is C17H31BrClNO4P12S. The molecule has 0 amide bonds. The van der Waals surface area contributed by atoms with Gasteiger partial charge in [-0.15, -0.1) is 62.5 Å². The lowest BCUT2D eigenvalue weighted by atomic mass is 9.99. The van der Waals surface area contributed by atoms with Gasteiger partial charge in [0.25, 0.3) is 9.05 Å². The highest BCUT2D eigenvalue weighted by atomic mass is 79.9. The van der Waals surface area contributed by atoms with Gasteiger partial charge in [-0.05, 0) is 65.3 Å². The van der Waals surface area contributed by atoms with Crippen LogP contribution >= 0.6 is 124 Å². The first kappa shape index (κ1) is 38.6. The van der Waals surface area contributed by atoms with E-state index in [9.17, 15) is 13.2 Å². The molecule has 0 saturated carbocycles. The quantitative estimate of drug-likeness (QED) is 0.158. The number of methoxy groups -OCH3 is 1. The molecule has 2 aromatic rings. The molecule has 0 spiro atoms. The molecule has 20 heteroatoms. The Morgan fingerprint density at radius 1 is 0.946 bits per heavy atom. The molecule has 0 radical (unpaired) electrons. The fraction of sp³-hybridized carbons (Fsp3) is 0.235. The Labute approximate surface area is 255 Å². The number of carbonyl (C=O) groups is 1. The highest BCUT2D eigenvalue weighted by Crippen LogP contribution is 3.16. The van der Waals surface area contributed by atoms with Gasteiger partial charge in [0.15, 0.2) is 0 Å². The fourth-order valence-corrected chi connectivity index (χ4v) is 106. The van der Waals surface area contributed by atoms with Crippen molar-refractivity contribution >= 4 is 145 Å². The number of carbonyl (C=O) groups excluding carboxylic acids is 1. The first-order valence-electron chi connectivity index (χ1n) is 10.00. The second-order valence-electron chi connectivity index (χ2n) is 7.08. The molecule has 0 bridgehead atoms. The van der Waals surface area contributed by atoms with E-state index < -0.39 is 9.05 Å². The summed E-state index contributed by atoms with van der Waals surface area (Å²) in [5.74, 6) is -0.0739. The molecule has 2 aromatic carbocycles. The molecular weight excluding hydrogens is 801 g/mol. The molecule has 1 aliphatic heterocycles. The molecule has 0 N–H and O–H groups in total. The molecule has 0 aromatic heterocycles. The van der Waals surface area contributed by atoms with Crippen LogP contribution in [-0.2, 0) is 18.6 Å². The van der Waals surface area contributed by atoms with Crippen molar-refractivity contribution in [2.45, 2.75) is 4.90 Å². The van der Waals surface area contributed by atoms with Crippen molar-refractivity contribution < 1.29 is 17.9 Å². The number of hydrogen-bond donors (Lipinski definition) is 0. The van der Waals surface area contributed by atoms with Crippen LogP contribution in [0.1, 0.15) is 0 Å². The smallest absolute Gasteiger partial charge is 0.312 e. The summed E-state index contributed by atoms with van der Waals surface area (Å²) in [5.41, 5.74) is 1.14. The Hall–Kier alpha value is 3.59. The van der Waals surface area contributed by atoms with Crippen LogP contribution in [0.15, 0.2) is 64.0 Å². The van der Waals surface area contributed by atoms with E-state index in [0.717, 1.165) is 23.2 Å². The van der Waals surface area contributed by atoms with E-state index in [1.165, 1.54) is 19.2 Å². The van der Waals surface area contributed by atoms with E-state index in [4.69, 9.17) is 10.7 Å². The van der Waals surface area contributed by atoms with Gasteiger partial charge in [0, 0.05) is 33.9 Å². The maximum atomic E-state index is 11.2.